The first-order valence-corrected chi connectivity index (χ1v) is 13.9. The molecule has 0 unspecified atom stereocenters. The molecular weight excluding hydrogens is 523 g/mol. The average molecular weight is 558 g/mol. The van der Waals surface area contributed by atoms with E-state index in [2.05, 4.69) is 16.0 Å². The number of piperidine rings is 1. The summed E-state index contributed by atoms with van der Waals surface area (Å²) in [5, 5.41) is 17.8. The molecule has 3 heterocycles. The van der Waals surface area contributed by atoms with Crippen molar-refractivity contribution < 1.29 is 27.9 Å². The van der Waals surface area contributed by atoms with E-state index in [0.29, 0.717) is 69.6 Å². The molecule has 11 heteroatoms. The number of nitrogens with zero attached hydrogens (tertiary/aromatic N) is 5. The number of ketones is 1. The number of benzene rings is 1. The van der Waals surface area contributed by atoms with Crippen LogP contribution in [0.5, 0.6) is 0 Å². The number of aryl methyl sites for hydroxylation is 1. The SMILES string of the molecule is N#Cc1ccc(CCCC(=O)[C@@H]2CCCN2c2cc(N3CCC(CCCC(=O)O)CC3)nc(C(F)(F)F)n2)cc1. The number of carboxylic acids is 1. The molecule has 2 aromatic rings. The van der Waals surface area contributed by atoms with Crippen molar-refractivity contribution in [3.05, 3.63) is 47.3 Å². The Morgan fingerprint density at radius 2 is 1.70 bits per heavy atom. The second-order valence-electron chi connectivity index (χ2n) is 10.6. The highest BCUT2D eigenvalue weighted by Gasteiger charge is 2.38. The molecule has 4 rings (SSSR count). The summed E-state index contributed by atoms with van der Waals surface area (Å²) >= 11 is 0. The maximum atomic E-state index is 13.8. The zero-order chi connectivity index (χ0) is 28.7. The third-order valence-corrected chi connectivity index (χ3v) is 7.78. The molecule has 8 nitrogen and oxygen atoms in total. The van der Waals surface area contributed by atoms with E-state index in [4.69, 9.17) is 10.4 Å². The highest BCUT2D eigenvalue weighted by molar-refractivity contribution is 5.87. The summed E-state index contributed by atoms with van der Waals surface area (Å²) in [6.07, 6.45) is 1.13. The molecule has 2 aliphatic heterocycles. The first-order valence-electron chi connectivity index (χ1n) is 13.9. The van der Waals surface area contributed by atoms with Crippen molar-refractivity contribution in [1.82, 2.24) is 9.97 Å². The van der Waals surface area contributed by atoms with E-state index < -0.39 is 24.0 Å². The van der Waals surface area contributed by atoms with E-state index in [1.165, 1.54) is 0 Å². The van der Waals surface area contributed by atoms with Crippen LogP contribution >= 0.6 is 0 Å². The van der Waals surface area contributed by atoms with Gasteiger partial charge in [0.1, 0.15) is 11.6 Å². The van der Waals surface area contributed by atoms with Gasteiger partial charge >= 0.3 is 12.1 Å². The zero-order valence-electron chi connectivity index (χ0n) is 22.4. The van der Waals surface area contributed by atoms with Gasteiger partial charge in [-0.2, -0.15) is 18.4 Å². The number of hydrogen-bond donors (Lipinski definition) is 1. The molecule has 0 radical (unpaired) electrons. The Morgan fingerprint density at radius 1 is 1.00 bits per heavy atom. The van der Waals surface area contributed by atoms with Crippen molar-refractivity contribution in [1.29, 1.82) is 5.26 Å². The molecule has 2 saturated heterocycles. The van der Waals surface area contributed by atoms with E-state index >= 15 is 0 Å². The lowest BCUT2D eigenvalue weighted by molar-refractivity contribution is -0.144. The third kappa shape index (κ3) is 7.71. The monoisotopic (exact) mass is 557 g/mol. The van der Waals surface area contributed by atoms with Gasteiger partial charge in [0.15, 0.2) is 5.78 Å². The van der Waals surface area contributed by atoms with Crippen LogP contribution in [0.4, 0.5) is 24.8 Å². The second kappa shape index (κ2) is 13.1. The van der Waals surface area contributed by atoms with E-state index in [1.54, 1.807) is 23.1 Å². The molecule has 1 aromatic heterocycles. The minimum Gasteiger partial charge on any atom is -0.481 e. The lowest BCUT2D eigenvalue weighted by Gasteiger charge is -2.34. The largest absolute Gasteiger partial charge is 0.481 e. The van der Waals surface area contributed by atoms with Gasteiger partial charge in [-0.1, -0.05) is 12.1 Å². The fourth-order valence-corrected chi connectivity index (χ4v) is 5.61. The number of alkyl halides is 3. The van der Waals surface area contributed by atoms with E-state index in [-0.39, 0.29) is 23.8 Å². The van der Waals surface area contributed by atoms with Crippen LogP contribution in [0.25, 0.3) is 0 Å². The molecule has 2 fully saturated rings. The number of Topliss-reactive ketones (excluding diaryl/α,β-unsaturated/α-hetero) is 1. The van der Waals surface area contributed by atoms with Gasteiger partial charge in [-0.3, -0.25) is 9.59 Å². The summed E-state index contributed by atoms with van der Waals surface area (Å²) in [6, 6.07) is 10.3. The van der Waals surface area contributed by atoms with E-state index in [0.717, 1.165) is 24.8 Å². The van der Waals surface area contributed by atoms with Gasteiger partial charge in [0.25, 0.3) is 0 Å². The summed E-state index contributed by atoms with van der Waals surface area (Å²) in [7, 11) is 0. The van der Waals surface area contributed by atoms with Crippen molar-refractivity contribution in [2.75, 3.05) is 29.4 Å². The lowest BCUT2D eigenvalue weighted by atomic mass is 9.91. The van der Waals surface area contributed by atoms with Gasteiger partial charge < -0.3 is 14.9 Å². The second-order valence-corrected chi connectivity index (χ2v) is 10.6. The number of carbonyl (C=O) groups is 2. The molecule has 40 heavy (non-hydrogen) atoms. The average Bonchev–Trinajstić information content (AvgIpc) is 3.43. The number of aromatic nitrogens is 2. The molecule has 0 bridgehead atoms. The normalized spacial score (nSPS) is 18.1. The molecule has 0 spiro atoms. The minimum atomic E-state index is -4.72. The number of rotatable bonds is 11. The highest BCUT2D eigenvalue weighted by Crippen LogP contribution is 2.34. The van der Waals surface area contributed by atoms with Crippen molar-refractivity contribution in [2.45, 2.75) is 76.4 Å². The third-order valence-electron chi connectivity index (χ3n) is 7.78. The van der Waals surface area contributed by atoms with Gasteiger partial charge in [-0.05, 0) is 75.0 Å². The quantitative estimate of drug-likeness (QED) is 0.391. The highest BCUT2D eigenvalue weighted by atomic mass is 19.4. The fourth-order valence-electron chi connectivity index (χ4n) is 5.61. The Balaban J connectivity index is 1.42. The summed E-state index contributed by atoms with van der Waals surface area (Å²) in [5.41, 5.74) is 1.60. The van der Waals surface area contributed by atoms with Crippen molar-refractivity contribution >= 4 is 23.4 Å². The molecule has 0 amide bonds. The van der Waals surface area contributed by atoms with Crippen LogP contribution in [-0.4, -0.2) is 52.5 Å². The van der Waals surface area contributed by atoms with Crippen LogP contribution < -0.4 is 9.80 Å². The predicted molar refractivity (Wildman–Crippen MR) is 143 cm³/mol. The molecule has 214 valence electrons. The smallest absolute Gasteiger partial charge is 0.451 e. The Bertz CT molecular complexity index is 1220. The van der Waals surface area contributed by atoms with Crippen LogP contribution in [0.15, 0.2) is 30.3 Å². The Morgan fingerprint density at radius 3 is 2.35 bits per heavy atom. The first kappa shape index (κ1) is 29.3. The fraction of sp³-hybridized carbons (Fsp3) is 0.552. The lowest BCUT2D eigenvalue weighted by Crippen LogP contribution is -2.38. The standard InChI is InChI=1S/C29H34F3N5O3/c30-29(31,32)28-34-25(36-16-13-21(14-17-36)5-2-8-27(39)40)18-26(35-28)37-15-3-6-23(37)24(38)7-1-4-20-9-11-22(19-33)12-10-20/h9-12,18,21,23H,1-8,13-17H2,(H,39,40)/t23-/m0/s1. The zero-order valence-corrected chi connectivity index (χ0v) is 22.4. The molecule has 1 N–H and O–H groups in total. The summed E-state index contributed by atoms with van der Waals surface area (Å²) < 4.78 is 41.4. The van der Waals surface area contributed by atoms with E-state index in [9.17, 15) is 22.8 Å². The number of aliphatic carboxylic acids is 1. The molecule has 1 aromatic carbocycles. The molecule has 0 aliphatic carbocycles. The van der Waals surface area contributed by atoms with Crippen LogP contribution in [0.1, 0.15) is 74.7 Å². The Labute approximate surface area is 231 Å². The van der Waals surface area contributed by atoms with Gasteiger partial charge in [0.05, 0.1) is 17.7 Å². The molecular formula is C29H34F3N5O3. The molecule has 2 aliphatic rings. The van der Waals surface area contributed by atoms with E-state index in [1.807, 2.05) is 17.0 Å². The van der Waals surface area contributed by atoms with Gasteiger partial charge in [0.2, 0.25) is 5.82 Å². The van der Waals surface area contributed by atoms with Crippen molar-refractivity contribution in [3.8, 4) is 6.07 Å². The maximum Gasteiger partial charge on any atom is 0.451 e. The summed E-state index contributed by atoms with van der Waals surface area (Å²) in [4.78, 5) is 35.2. The Hall–Kier alpha value is -3.68. The number of hydrogen-bond acceptors (Lipinski definition) is 7. The Kier molecular flexibility index (Phi) is 9.61. The first-order chi connectivity index (χ1) is 19.1. The van der Waals surface area contributed by atoms with Gasteiger partial charge in [0, 0.05) is 38.5 Å². The molecule has 1 atom stereocenters. The number of carbonyl (C=O) groups excluding carboxylic acids is 1. The topological polar surface area (TPSA) is 110 Å². The number of carboxylic acid groups (broad SMARTS) is 1. The van der Waals surface area contributed by atoms with Crippen LogP contribution in [0.3, 0.4) is 0 Å². The van der Waals surface area contributed by atoms with Crippen LogP contribution in [0.2, 0.25) is 0 Å². The van der Waals surface area contributed by atoms with Crippen molar-refractivity contribution in [3.63, 3.8) is 0 Å². The molecule has 0 saturated carbocycles. The predicted octanol–water partition coefficient (Wildman–Crippen LogP) is 5.40. The maximum absolute atomic E-state index is 13.8. The minimum absolute atomic E-state index is 0.0120. The number of halogens is 3. The summed E-state index contributed by atoms with van der Waals surface area (Å²) in [5.74, 6) is -1.37. The number of anilines is 2. The number of nitriles is 1. The van der Waals surface area contributed by atoms with Crippen LogP contribution in [0, 0.1) is 17.2 Å². The van der Waals surface area contributed by atoms with Gasteiger partial charge in [-0.25, -0.2) is 9.97 Å². The van der Waals surface area contributed by atoms with Gasteiger partial charge in [-0.15, -0.1) is 0 Å². The van der Waals surface area contributed by atoms with Crippen molar-refractivity contribution in [2.24, 2.45) is 5.92 Å². The van der Waals surface area contributed by atoms with Crippen LogP contribution in [-0.2, 0) is 22.2 Å². The summed E-state index contributed by atoms with van der Waals surface area (Å²) in [6.45, 7) is 1.51.